The molecule has 1 rings (SSSR count). The molecule has 4 heteroatoms. The maximum Gasteiger partial charge on any atom is 0.249 e. The molecule has 0 spiro atoms. The zero-order chi connectivity index (χ0) is 12.5. The standard InChI is InChI=1S/C13H20N2O2/c14-8-4-1-5-9-17-10-11-6-2-3-7-12(11)13(15)16/h2-3,6-7H,1,4-5,8-10,14H2,(H2,15,16). The van der Waals surface area contributed by atoms with Gasteiger partial charge in [-0.2, -0.15) is 0 Å². The zero-order valence-electron chi connectivity index (χ0n) is 10.0. The van der Waals surface area contributed by atoms with Crippen LogP contribution in [0.2, 0.25) is 0 Å². The van der Waals surface area contributed by atoms with Crippen LogP contribution < -0.4 is 11.5 Å². The van der Waals surface area contributed by atoms with Gasteiger partial charge in [-0.15, -0.1) is 0 Å². The molecule has 0 atom stereocenters. The minimum Gasteiger partial charge on any atom is -0.377 e. The van der Waals surface area contributed by atoms with Crippen molar-refractivity contribution in [3.63, 3.8) is 0 Å². The van der Waals surface area contributed by atoms with Gasteiger partial charge in [0.05, 0.1) is 6.61 Å². The Kier molecular flexibility index (Phi) is 6.29. The number of unbranched alkanes of at least 4 members (excludes halogenated alkanes) is 2. The normalized spacial score (nSPS) is 10.4. The van der Waals surface area contributed by atoms with Crippen molar-refractivity contribution in [2.24, 2.45) is 11.5 Å². The molecular weight excluding hydrogens is 216 g/mol. The lowest BCUT2D eigenvalue weighted by Crippen LogP contribution is -2.14. The largest absolute Gasteiger partial charge is 0.377 e. The summed E-state index contributed by atoms with van der Waals surface area (Å²) in [6.07, 6.45) is 3.10. The predicted octanol–water partition coefficient (Wildman–Crippen LogP) is 1.43. The van der Waals surface area contributed by atoms with Gasteiger partial charge in [0.25, 0.3) is 0 Å². The molecule has 0 fully saturated rings. The van der Waals surface area contributed by atoms with Crippen molar-refractivity contribution in [3.8, 4) is 0 Å². The third kappa shape index (κ3) is 4.97. The van der Waals surface area contributed by atoms with Crippen molar-refractivity contribution in [2.75, 3.05) is 13.2 Å². The molecule has 0 aliphatic rings. The number of primary amides is 1. The average molecular weight is 236 g/mol. The van der Waals surface area contributed by atoms with Crippen LogP contribution in [0.5, 0.6) is 0 Å². The van der Waals surface area contributed by atoms with Crippen molar-refractivity contribution in [1.29, 1.82) is 0 Å². The molecule has 0 radical (unpaired) electrons. The lowest BCUT2D eigenvalue weighted by Gasteiger charge is -2.07. The third-order valence-corrected chi connectivity index (χ3v) is 2.53. The first-order valence-electron chi connectivity index (χ1n) is 5.91. The Morgan fingerprint density at radius 1 is 1.18 bits per heavy atom. The second kappa shape index (κ2) is 7.81. The van der Waals surface area contributed by atoms with Gasteiger partial charge in [-0.05, 0) is 37.4 Å². The van der Waals surface area contributed by atoms with E-state index in [0.717, 1.165) is 31.4 Å². The van der Waals surface area contributed by atoms with Crippen LogP contribution in [0.4, 0.5) is 0 Å². The summed E-state index contributed by atoms with van der Waals surface area (Å²) in [6, 6.07) is 7.25. The number of ether oxygens (including phenoxy) is 1. The van der Waals surface area contributed by atoms with Crippen molar-refractivity contribution >= 4 is 5.91 Å². The van der Waals surface area contributed by atoms with E-state index in [4.69, 9.17) is 16.2 Å². The second-order valence-corrected chi connectivity index (χ2v) is 3.92. The molecule has 4 nitrogen and oxygen atoms in total. The lowest BCUT2D eigenvalue weighted by atomic mass is 10.1. The van der Waals surface area contributed by atoms with E-state index in [-0.39, 0.29) is 0 Å². The smallest absolute Gasteiger partial charge is 0.249 e. The van der Waals surface area contributed by atoms with Gasteiger partial charge < -0.3 is 16.2 Å². The van der Waals surface area contributed by atoms with Gasteiger partial charge in [0.15, 0.2) is 0 Å². The topological polar surface area (TPSA) is 78.3 Å². The van der Waals surface area contributed by atoms with E-state index >= 15 is 0 Å². The number of carbonyl (C=O) groups excluding carboxylic acids is 1. The number of amides is 1. The summed E-state index contributed by atoms with van der Waals surface area (Å²) in [7, 11) is 0. The van der Waals surface area contributed by atoms with E-state index in [1.165, 1.54) is 0 Å². The Morgan fingerprint density at radius 3 is 2.65 bits per heavy atom. The van der Waals surface area contributed by atoms with E-state index in [1.54, 1.807) is 12.1 Å². The maximum atomic E-state index is 11.1. The third-order valence-electron chi connectivity index (χ3n) is 2.53. The Balaban J connectivity index is 2.34. The Bertz CT molecular complexity index is 353. The summed E-state index contributed by atoms with van der Waals surface area (Å²) in [5.74, 6) is -0.410. The van der Waals surface area contributed by atoms with Crippen LogP contribution in [0, 0.1) is 0 Å². The van der Waals surface area contributed by atoms with Crippen LogP contribution in [0.25, 0.3) is 0 Å². The van der Waals surface area contributed by atoms with Gasteiger partial charge in [0, 0.05) is 12.2 Å². The minimum absolute atomic E-state index is 0.410. The number of hydrogen-bond acceptors (Lipinski definition) is 3. The molecule has 0 aliphatic heterocycles. The van der Waals surface area contributed by atoms with E-state index in [1.807, 2.05) is 12.1 Å². The molecule has 0 unspecified atom stereocenters. The monoisotopic (exact) mass is 236 g/mol. The average Bonchev–Trinajstić information content (AvgIpc) is 2.34. The highest BCUT2D eigenvalue weighted by Crippen LogP contribution is 2.09. The van der Waals surface area contributed by atoms with Crippen LogP contribution in [0.15, 0.2) is 24.3 Å². The fourth-order valence-corrected chi connectivity index (χ4v) is 1.59. The fraction of sp³-hybridized carbons (Fsp3) is 0.462. The number of hydrogen-bond donors (Lipinski definition) is 2. The highest BCUT2D eigenvalue weighted by Gasteiger charge is 2.06. The zero-order valence-corrected chi connectivity index (χ0v) is 10.0. The van der Waals surface area contributed by atoms with Gasteiger partial charge in [-0.1, -0.05) is 18.2 Å². The summed E-state index contributed by atoms with van der Waals surface area (Å²) < 4.78 is 5.51. The molecular formula is C13H20N2O2. The first-order valence-corrected chi connectivity index (χ1v) is 5.91. The van der Waals surface area contributed by atoms with Crippen LogP contribution >= 0.6 is 0 Å². The number of benzene rings is 1. The second-order valence-electron chi connectivity index (χ2n) is 3.92. The van der Waals surface area contributed by atoms with Crippen molar-refractivity contribution in [1.82, 2.24) is 0 Å². The minimum atomic E-state index is -0.410. The molecule has 0 saturated heterocycles. The molecule has 1 amide bonds. The molecule has 94 valence electrons. The van der Waals surface area contributed by atoms with Crippen molar-refractivity contribution in [2.45, 2.75) is 25.9 Å². The first-order chi connectivity index (χ1) is 8.25. The molecule has 0 bridgehead atoms. The Morgan fingerprint density at radius 2 is 1.94 bits per heavy atom. The van der Waals surface area contributed by atoms with Gasteiger partial charge >= 0.3 is 0 Å². The summed E-state index contributed by atoms with van der Waals surface area (Å²) in [5.41, 5.74) is 12.1. The highest BCUT2D eigenvalue weighted by molar-refractivity contribution is 5.94. The quantitative estimate of drug-likeness (QED) is 0.670. The van der Waals surface area contributed by atoms with Crippen molar-refractivity contribution < 1.29 is 9.53 Å². The molecule has 0 saturated carbocycles. The summed E-state index contributed by atoms with van der Waals surface area (Å²) in [4.78, 5) is 11.1. The Labute approximate surface area is 102 Å². The van der Waals surface area contributed by atoms with Crippen LogP contribution in [-0.4, -0.2) is 19.1 Å². The van der Waals surface area contributed by atoms with E-state index in [0.29, 0.717) is 18.8 Å². The summed E-state index contributed by atoms with van der Waals surface area (Å²) in [6.45, 7) is 1.85. The SMILES string of the molecule is NCCCCCOCc1ccccc1C(N)=O. The summed E-state index contributed by atoms with van der Waals surface area (Å²) >= 11 is 0. The number of carbonyl (C=O) groups is 1. The summed E-state index contributed by atoms with van der Waals surface area (Å²) in [5, 5.41) is 0. The van der Waals surface area contributed by atoms with Gasteiger partial charge in [0.1, 0.15) is 0 Å². The molecule has 1 aromatic rings. The lowest BCUT2D eigenvalue weighted by molar-refractivity contribution is 0.0981. The van der Waals surface area contributed by atoms with Gasteiger partial charge in [0.2, 0.25) is 5.91 Å². The van der Waals surface area contributed by atoms with Crippen LogP contribution in [0.3, 0.4) is 0 Å². The van der Waals surface area contributed by atoms with Gasteiger partial charge in [-0.25, -0.2) is 0 Å². The van der Waals surface area contributed by atoms with Crippen molar-refractivity contribution in [3.05, 3.63) is 35.4 Å². The van der Waals surface area contributed by atoms with E-state index in [9.17, 15) is 4.79 Å². The van der Waals surface area contributed by atoms with E-state index in [2.05, 4.69) is 0 Å². The number of rotatable bonds is 8. The molecule has 17 heavy (non-hydrogen) atoms. The van der Waals surface area contributed by atoms with Crippen LogP contribution in [-0.2, 0) is 11.3 Å². The maximum absolute atomic E-state index is 11.1. The molecule has 0 heterocycles. The molecule has 4 N–H and O–H groups in total. The highest BCUT2D eigenvalue weighted by atomic mass is 16.5. The Hall–Kier alpha value is -1.39. The fourth-order valence-electron chi connectivity index (χ4n) is 1.59. The van der Waals surface area contributed by atoms with E-state index < -0.39 is 5.91 Å². The molecule has 0 aliphatic carbocycles. The predicted molar refractivity (Wildman–Crippen MR) is 67.5 cm³/mol. The van der Waals surface area contributed by atoms with Crippen LogP contribution in [0.1, 0.15) is 35.2 Å². The molecule has 1 aromatic carbocycles. The van der Waals surface area contributed by atoms with Gasteiger partial charge in [-0.3, -0.25) is 4.79 Å². The number of nitrogens with two attached hydrogens (primary N) is 2. The first kappa shape index (κ1) is 13.7. The molecule has 0 aromatic heterocycles.